The van der Waals surface area contributed by atoms with Crippen molar-refractivity contribution in [1.29, 1.82) is 0 Å². The third-order valence-corrected chi connectivity index (χ3v) is 5.02. The molecule has 0 spiro atoms. The minimum atomic E-state index is -0.0843. The van der Waals surface area contributed by atoms with E-state index in [4.69, 9.17) is 0 Å². The van der Waals surface area contributed by atoms with E-state index in [1.54, 1.807) is 10.9 Å². The van der Waals surface area contributed by atoms with Crippen molar-refractivity contribution >= 4 is 11.7 Å². The van der Waals surface area contributed by atoms with Gasteiger partial charge in [0.05, 0.1) is 17.4 Å². The fourth-order valence-corrected chi connectivity index (χ4v) is 3.62. The summed E-state index contributed by atoms with van der Waals surface area (Å²) in [5.74, 6) is 0. The highest BCUT2D eigenvalue weighted by atomic mass is 16.2. The van der Waals surface area contributed by atoms with Crippen LogP contribution in [0.3, 0.4) is 0 Å². The molecule has 27 heavy (non-hydrogen) atoms. The van der Waals surface area contributed by atoms with E-state index in [1.165, 1.54) is 0 Å². The van der Waals surface area contributed by atoms with E-state index in [-0.39, 0.29) is 12.1 Å². The summed E-state index contributed by atoms with van der Waals surface area (Å²) >= 11 is 0. The van der Waals surface area contributed by atoms with Gasteiger partial charge in [-0.1, -0.05) is 12.1 Å². The second kappa shape index (κ2) is 7.23. The summed E-state index contributed by atoms with van der Waals surface area (Å²) in [6.45, 7) is 2.79. The van der Waals surface area contributed by atoms with E-state index in [1.807, 2.05) is 67.5 Å². The smallest absolute Gasteiger partial charge is 0.316 e. The Hall–Kier alpha value is -3.15. The SMILES string of the molecule is Cc1ccc(NC(=O)N2CCC[C@H]2c2ccn(C)n2)cc1-c1ccccn1. The summed E-state index contributed by atoms with van der Waals surface area (Å²) in [4.78, 5) is 19.2. The molecule has 1 atom stereocenters. The van der Waals surface area contributed by atoms with Crippen LogP contribution in [0.1, 0.15) is 30.1 Å². The van der Waals surface area contributed by atoms with Crippen molar-refractivity contribution in [2.45, 2.75) is 25.8 Å². The fraction of sp³-hybridized carbons (Fsp3) is 0.286. The van der Waals surface area contributed by atoms with Crippen LogP contribution in [0.4, 0.5) is 10.5 Å². The molecule has 6 nitrogen and oxygen atoms in total. The number of anilines is 1. The van der Waals surface area contributed by atoms with E-state index >= 15 is 0 Å². The Bertz CT molecular complexity index is 950. The van der Waals surface area contributed by atoms with Gasteiger partial charge in [-0.25, -0.2) is 4.79 Å². The molecule has 2 amide bonds. The van der Waals surface area contributed by atoms with Crippen LogP contribution in [0.5, 0.6) is 0 Å². The number of aromatic nitrogens is 3. The van der Waals surface area contributed by atoms with E-state index in [0.29, 0.717) is 0 Å². The Morgan fingerprint density at radius 1 is 1.22 bits per heavy atom. The molecule has 3 heterocycles. The number of urea groups is 1. The monoisotopic (exact) mass is 361 g/mol. The van der Waals surface area contributed by atoms with Crippen molar-refractivity contribution < 1.29 is 4.79 Å². The quantitative estimate of drug-likeness (QED) is 0.762. The number of carbonyl (C=O) groups is 1. The summed E-state index contributed by atoms with van der Waals surface area (Å²) in [7, 11) is 1.90. The van der Waals surface area contributed by atoms with Crippen molar-refractivity contribution in [3.05, 3.63) is 66.1 Å². The van der Waals surface area contributed by atoms with E-state index in [2.05, 4.69) is 15.4 Å². The number of rotatable bonds is 3. The molecule has 1 aliphatic heterocycles. The first-order valence-electron chi connectivity index (χ1n) is 9.21. The van der Waals surface area contributed by atoms with E-state index < -0.39 is 0 Å². The predicted molar refractivity (Wildman–Crippen MR) is 105 cm³/mol. The molecule has 1 N–H and O–H groups in total. The lowest BCUT2D eigenvalue weighted by Gasteiger charge is -2.24. The largest absolute Gasteiger partial charge is 0.322 e. The zero-order chi connectivity index (χ0) is 18.8. The molecule has 3 aromatic rings. The topological polar surface area (TPSA) is 63.1 Å². The van der Waals surface area contributed by atoms with Gasteiger partial charge in [0.1, 0.15) is 0 Å². The average Bonchev–Trinajstić information content (AvgIpc) is 3.33. The summed E-state index contributed by atoms with van der Waals surface area (Å²) in [6.07, 6.45) is 5.63. The van der Waals surface area contributed by atoms with Gasteiger partial charge in [-0.15, -0.1) is 0 Å². The Labute approximate surface area is 158 Å². The van der Waals surface area contributed by atoms with Gasteiger partial charge in [0, 0.05) is 37.2 Å². The molecule has 6 heteroatoms. The second-order valence-electron chi connectivity index (χ2n) is 6.94. The molecule has 1 fully saturated rings. The molecule has 138 valence electrons. The first kappa shape index (κ1) is 17.3. The van der Waals surface area contributed by atoms with Crippen molar-refractivity contribution in [3.8, 4) is 11.3 Å². The summed E-state index contributed by atoms with van der Waals surface area (Å²) in [5.41, 5.74) is 4.77. The lowest BCUT2D eigenvalue weighted by atomic mass is 10.0. The summed E-state index contributed by atoms with van der Waals surface area (Å²) in [5, 5.41) is 7.54. The number of aryl methyl sites for hydroxylation is 2. The number of carbonyl (C=O) groups excluding carboxylic acids is 1. The summed E-state index contributed by atoms with van der Waals surface area (Å²) in [6, 6.07) is 13.7. The second-order valence-corrected chi connectivity index (χ2v) is 6.94. The third-order valence-electron chi connectivity index (χ3n) is 5.02. The van der Waals surface area contributed by atoms with Crippen LogP contribution in [0.2, 0.25) is 0 Å². The number of nitrogens with zero attached hydrogens (tertiary/aromatic N) is 4. The molecule has 0 bridgehead atoms. The Balaban J connectivity index is 1.54. The third kappa shape index (κ3) is 3.56. The zero-order valence-corrected chi connectivity index (χ0v) is 15.6. The molecular weight excluding hydrogens is 338 g/mol. The van der Waals surface area contributed by atoms with Crippen LogP contribution in [0.15, 0.2) is 54.9 Å². The molecule has 0 aliphatic carbocycles. The lowest BCUT2D eigenvalue weighted by Crippen LogP contribution is -2.34. The highest BCUT2D eigenvalue weighted by molar-refractivity contribution is 5.90. The van der Waals surface area contributed by atoms with Crippen LogP contribution in [0.25, 0.3) is 11.3 Å². The van der Waals surface area contributed by atoms with Crippen molar-refractivity contribution in [2.24, 2.45) is 7.05 Å². The zero-order valence-electron chi connectivity index (χ0n) is 15.6. The maximum atomic E-state index is 12.9. The number of nitrogens with one attached hydrogen (secondary N) is 1. The van der Waals surface area contributed by atoms with E-state index in [9.17, 15) is 4.79 Å². The van der Waals surface area contributed by atoms with Crippen LogP contribution in [-0.2, 0) is 7.05 Å². The maximum absolute atomic E-state index is 12.9. The number of amides is 2. The van der Waals surface area contributed by atoms with Crippen LogP contribution in [0, 0.1) is 6.92 Å². The van der Waals surface area contributed by atoms with Crippen LogP contribution in [-0.4, -0.2) is 32.2 Å². The minimum absolute atomic E-state index is 0.0342. The highest BCUT2D eigenvalue weighted by Gasteiger charge is 2.31. The predicted octanol–water partition coefficient (Wildman–Crippen LogP) is 4.16. The van der Waals surface area contributed by atoms with Crippen molar-refractivity contribution in [1.82, 2.24) is 19.7 Å². The normalized spacial score (nSPS) is 16.5. The summed E-state index contributed by atoms with van der Waals surface area (Å²) < 4.78 is 1.78. The van der Waals surface area contributed by atoms with Gasteiger partial charge in [-0.05, 0) is 55.7 Å². The molecule has 1 aliphatic rings. The standard InChI is InChI=1S/C21H23N5O/c1-15-8-9-16(14-17(15)18-6-3-4-11-22-18)23-21(27)26-12-5-7-20(26)19-10-13-25(2)24-19/h3-4,6,8-11,13-14,20H,5,7,12H2,1-2H3,(H,23,27)/t20-/m0/s1. The van der Waals surface area contributed by atoms with Gasteiger partial charge < -0.3 is 10.2 Å². The average molecular weight is 361 g/mol. The molecule has 1 aromatic carbocycles. The van der Waals surface area contributed by atoms with Crippen LogP contribution >= 0.6 is 0 Å². The molecule has 4 rings (SSSR count). The number of benzene rings is 1. The molecule has 1 saturated heterocycles. The maximum Gasteiger partial charge on any atom is 0.322 e. The molecule has 0 saturated carbocycles. The fourth-order valence-electron chi connectivity index (χ4n) is 3.62. The molecule has 0 unspecified atom stereocenters. The number of likely N-dealkylation sites (tertiary alicyclic amines) is 1. The van der Waals surface area contributed by atoms with Crippen molar-refractivity contribution in [2.75, 3.05) is 11.9 Å². The van der Waals surface area contributed by atoms with Crippen LogP contribution < -0.4 is 5.32 Å². The Kier molecular flexibility index (Phi) is 4.62. The Morgan fingerprint density at radius 2 is 2.11 bits per heavy atom. The number of hydrogen-bond donors (Lipinski definition) is 1. The van der Waals surface area contributed by atoms with Gasteiger partial charge in [-0.3, -0.25) is 9.67 Å². The minimum Gasteiger partial charge on any atom is -0.316 e. The van der Waals surface area contributed by atoms with E-state index in [0.717, 1.165) is 47.6 Å². The molecule has 2 aromatic heterocycles. The number of hydrogen-bond acceptors (Lipinski definition) is 3. The first-order valence-corrected chi connectivity index (χ1v) is 9.21. The van der Waals surface area contributed by atoms with Gasteiger partial charge >= 0.3 is 6.03 Å². The van der Waals surface area contributed by atoms with Crippen molar-refractivity contribution in [3.63, 3.8) is 0 Å². The van der Waals surface area contributed by atoms with Gasteiger partial charge in [0.2, 0.25) is 0 Å². The van der Waals surface area contributed by atoms with Gasteiger partial charge in [-0.2, -0.15) is 5.10 Å². The number of pyridine rings is 1. The molecular formula is C21H23N5O. The lowest BCUT2D eigenvalue weighted by molar-refractivity contribution is 0.206. The van der Waals surface area contributed by atoms with Gasteiger partial charge in [0.25, 0.3) is 0 Å². The first-order chi connectivity index (χ1) is 13.1. The Morgan fingerprint density at radius 3 is 2.85 bits per heavy atom. The van der Waals surface area contributed by atoms with Gasteiger partial charge in [0.15, 0.2) is 0 Å². The molecule has 0 radical (unpaired) electrons. The highest BCUT2D eigenvalue weighted by Crippen LogP contribution is 2.32.